The van der Waals surface area contributed by atoms with Crippen molar-refractivity contribution in [3.63, 3.8) is 0 Å². The van der Waals surface area contributed by atoms with Crippen molar-refractivity contribution in [3.8, 4) is 0 Å². The fraction of sp³-hybridized carbons (Fsp3) is 0.0714. The molecular weight excluding hydrogens is 427 g/mol. The van der Waals surface area contributed by atoms with Gasteiger partial charge in [0, 0.05) is 10.2 Å². The molecule has 1 amide bonds. The van der Waals surface area contributed by atoms with Crippen molar-refractivity contribution >= 4 is 60.7 Å². The average Bonchev–Trinajstić information content (AvgIpc) is 2.50. The fourth-order valence-corrected chi connectivity index (χ4v) is 3.18. The average molecular weight is 438 g/mol. The van der Waals surface area contributed by atoms with E-state index in [9.17, 15) is 13.2 Å². The number of carbonyl (C=O) groups excluding carboxylic acids is 1. The van der Waals surface area contributed by atoms with Crippen LogP contribution < -0.4 is 10.0 Å². The Balaban J connectivity index is 1.98. The molecule has 0 atom stereocenters. The monoisotopic (exact) mass is 436 g/mol. The predicted octanol–water partition coefficient (Wildman–Crippen LogP) is 3.67. The van der Waals surface area contributed by atoms with Gasteiger partial charge in [0.15, 0.2) is 0 Å². The number of nitrogens with one attached hydrogen (secondary N) is 2. The molecule has 0 saturated heterocycles. The van der Waals surface area contributed by atoms with Crippen molar-refractivity contribution < 1.29 is 13.2 Å². The standard InChI is InChI=1S/C14H11BrCl2N2O3S/c15-9-1-4-11(5-2-9)23(21,22)18-8-14(20)19-10-3-6-12(16)13(17)7-10/h1-7,18H,8H2,(H,19,20). The van der Waals surface area contributed by atoms with Crippen LogP contribution in [0.5, 0.6) is 0 Å². The lowest BCUT2D eigenvalue weighted by molar-refractivity contribution is -0.115. The summed E-state index contributed by atoms with van der Waals surface area (Å²) in [7, 11) is -3.76. The van der Waals surface area contributed by atoms with Gasteiger partial charge in [-0.2, -0.15) is 0 Å². The molecule has 0 heterocycles. The van der Waals surface area contributed by atoms with Gasteiger partial charge in [0.25, 0.3) is 0 Å². The molecular formula is C14H11BrCl2N2O3S. The minimum absolute atomic E-state index is 0.0723. The summed E-state index contributed by atoms with van der Waals surface area (Å²) in [5.74, 6) is -0.524. The molecule has 0 saturated carbocycles. The van der Waals surface area contributed by atoms with Crippen LogP contribution in [0.3, 0.4) is 0 Å². The second kappa shape index (κ2) is 7.63. The van der Waals surface area contributed by atoms with Crippen LogP contribution in [-0.2, 0) is 14.8 Å². The summed E-state index contributed by atoms with van der Waals surface area (Å²) in [4.78, 5) is 11.9. The summed E-state index contributed by atoms with van der Waals surface area (Å²) in [6.45, 7) is -0.404. The second-order valence-corrected chi connectivity index (χ2v) is 7.95. The molecule has 2 aromatic rings. The van der Waals surface area contributed by atoms with Gasteiger partial charge in [0.2, 0.25) is 15.9 Å². The van der Waals surface area contributed by atoms with Gasteiger partial charge in [-0.15, -0.1) is 0 Å². The smallest absolute Gasteiger partial charge is 0.241 e. The van der Waals surface area contributed by atoms with E-state index < -0.39 is 22.5 Å². The van der Waals surface area contributed by atoms with E-state index in [1.807, 2.05) is 0 Å². The molecule has 0 aromatic heterocycles. The number of benzene rings is 2. The van der Waals surface area contributed by atoms with E-state index in [-0.39, 0.29) is 4.90 Å². The molecule has 0 aliphatic rings. The zero-order chi connectivity index (χ0) is 17.0. The van der Waals surface area contributed by atoms with E-state index in [4.69, 9.17) is 23.2 Å². The van der Waals surface area contributed by atoms with E-state index >= 15 is 0 Å². The zero-order valence-corrected chi connectivity index (χ0v) is 15.4. The highest BCUT2D eigenvalue weighted by molar-refractivity contribution is 9.10. The number of halogens is 3. The molecule has 0 spiro atoms. The fourth-order valence-electron chi connectivity index (χ4n) is 1.64. The Morgan fingerprint density at radius 3 is 2.30 bits per heavy atom. The van der Waals surface area contributed by atoms with E-state index in [1.165, 1.54) is 24.3 Å². The number of hydrogen-bond donors (Lipinski definition) is 2. The molecule has 5 nitrogen and oxygen atoms in total. The van der Waals surface area contributed by atoms with Crippen LogP contribution in [0.2, 0.25) is 10.0 Å². The molecule has 0 bridgehead atoms. The molecule has 0 aliphatic heterocycles. The van der Waals surface area contributed by atoms with Gasteiger partial charge in [-0.25, -0.2) is 13.1 Å². The lowest BCUT2D eigenvalue weighted by Gasteiger charge is -2.08. The minimum atomic E-state index is -3.76. The van der Waals surface area contributed by atoms with Crippen LogP contribution in [0, 0.1) is 0 Å². The topological polar surface area (TPSA) is 75.3 Å². The first-order valence-corrected chi connectivity index (χ1v) is 9.31. The molecule has 0 fully saturated rings. The van der Waals surface area contributed by atoms with Crippen molar-refractivity contribution in [2.24, 2.45) is 0 Å². The third kappa shape index (κ3) is 5.19. The summed E-state index contributed by atoms with van der Waals surface area (Å²) in [6.07, 6.45) is 0. The van der Waals surface area contributed by atoms with Crippen LogP contribution in [-0.4, -0.2) is 20.9 Å². The van der Waals surface area contributed by atoms with E-state index in [2.05, 4.69) is 26.0 Å². The molecule has 2 aromatic carbocycles. The SMILES string of the molecule is O=C(CNS(=O)(=O)c1ccc(Br)cc1)Nc1ccc(Cl)c(Cl)c1. The molecule has 0 unspecified atom stereocenters. The molecule has 23 heavy (non-hydrogen) atoms. The molecule has 0 aliphatic carbocycles. The van der Waals surface area contributed by atoms with Crippen LogP contribution in [0.15, 0.2) is 51.8 Å². The third-order valence-electron chi connectivity index (χ3n) is 2.75. The van der Waals surface area contributed by atoms with Crippen molar-refractivity contribution in [3.05, 3.63) is 57.0 Å². The summed E-state index contributed by atoms with van der Waals surface area (Å²) in [5, 5.41) is 3.18. The lowest BCUT2D eigenvalue weighted by atomic mass is 10.3. The number of amides is 1. The van der Waals surface area contributed by atoms with E-state index in [0.717, 1.165) is 4.47 Å². The van der Waals surface area contributed by atoms with Gasteiger partial charge in [-0.3, -0.25) is 4.79 Å². The first kappa shape index (κ1) is 18.2. The number of carbonyl (C=O) groups is 1. The van der Waals surface area contributed by atoms with Gasteiger partial charge >= 0.3 is 0 Å². The highest BCUT2D eigenvalue weighted by Gasteiger charge is 2.15. The quantitative estimate of drug-likeness (QED) is 0.749. The zero-order valence-electron chi connectivity index (χ0n) is 11.5. The van der Waals surface area contributed by atoms with Crippen LogP contribution >= 0.6 is 39.1 Å². The Kier molecular flexibility index (Phi) is 6.05. The maximum Gasteiger partial charge on any atom is 0.241 e. The van der Waals surface area contributed by atoms with Gasteiger partial charge in [0.05, 0.1) is 21.5 Å². The Bertz CT molecular complexity index is 826. The normalized spacial score (nSPS) is 11.3. The van der Waals surface area contributed by atoms with E-state index in [0.29, 0.717) is 15.7 Å². The van der Waals surface area contributed by atoms with Crippen LogP contribution in [0.25, 0.3) is 0 Å². The maximum atomic E-state index is 12.1. The highest BCUT2D eigenvalue weighted by Crippen LogP contribution is 2.24. The Morgan fingerprint density at radius 2 is 1.70 bits per heavy atom. The Morgan fingerprint density at radius 1 is 1.04 bits per heavy atom. The molecule has 0 radical (unpaired) electrons. The van der Waals surface area contributed by atoms with Gasteiger partial charge < -0.3 is 5.32 Å². The number of rotatable bonds is 5. The highest BCUT2D eigenvalue weighted by atomic mass is 79.9. The summed E-state index contributed by atoms with van der Waals surface area (Å²) < 4.78 is 27.1. The third-order valence-corrected chi connectivity index (χ3v) is 5.43. The minimum Gasteiger partial charge on any atom is -0.325 e. The maximum absolute atomic E-state index is 12.1. The Hall–Kier alpha value is -1.12. The van der Waals surface area contributed by atoms with Gasteiger partial charge in [-0.05, 0) is 42.5 Å². The van der Waals surface area contributed by atoms with Gasteiger partial charge in [-0.1, -0.05) is 39.1 Å². The summed E-state index contributed by atoms with van der Waals surface area (Å²) in [6, 6.07) is 10.6. The number of sulfonamides is 1. The second-order valence-electron chi connectivity index (χ2n) is 4.46. The van der Waals surface area contributed by atoms with Crippen molar-refractivity contribution in [2.45, 2.75) is 4.90 Å². The predicted molar refractivity (Wildman–Crippen MR) is 94.4 cm³/mol. The Labute approximate surface area is 152 Å². The van der Waals surface area contributed by atoms with Crippen molar-refractivity contribution in [1.29, 1.82) is 0 Å². The van der Waals surface area contributed by atoms with Gasteiger partial charge in [0.1, 0.15) is 0 Å². The van der Waals surface area contributed by atoms with Crippen LogP contribution in [0.4, 0.5) is 5.69 Å². The van der Waals surface area contributed by atoms with E-state index in [1.54, 1.807) is 18.2 Å². The summed E-state index contributed by atoms with van der Waals surface area (Å²) >= 11 is 14.8. The molecule has 9 heteroatoms. The first-order chi connectivity index (χ1) is 10.8. The molecule has 122 valence electrons. The number of anilines is 1. The first-order valence-electron chi connectivity index (χ1n) is 6.28. The van der Waals surface area contributed by atoms with Crippen molar-refractivity contribution in [2.75, 3.05) is 11.9 Å². The largest absolute Gasteiger partial charge is 0.325 e. The molecule has 2 rings (SSSR count). The number of hydrogen-bond acceptors (Lipinski definition) is 3. The summed E-state index contributed by atoms with van der Waals surface area (Å²) in [5.41, 5.74) is 0.423. The van der Waals surface area contributed by atoms with Crippen LogP contribution in [0.1, 0.15) is 0 Å². The van der Waals surface area contributed by atoms with Crippen molar-refractivity contribution in [1.82, 2.24) is 4.72 Å². The lowest BCUT2D eigenvalue weighted by Crippen LogP contribution is -2.32. The molecule has 2 N–H and O–H groups in total.